The van der Waals surface area contributed by atoms with Gasteiger partial charge in [0.2, 0.25) is 10.0 Å². The quantitative estimate of drug-likeness (QED) is 0.760. The summed E-state index contributed by atoms with van der Waals surface area (Å²) in [6.45, 7) is 1.15. The summed E-state index contributed by atoms with van der Waals surface area (Å²) in [5, 5.41) is 8.74. The van der Waals surface area contributed by atoms with E-state index in [1.807, 2.05) is 0 Å². The number of benzene rings is 1. The maximum absolute atomic E-state index is 12.6. The minimum absolute atomic E-state index is 0.00957. The van der Waals surface area contributed by atoms with Crippen LogP contribution < -0.4 is 0 Å². The molecule has 0 radical (unpaired) electrons. The molecule has 1 N–H and O–H groups in total. The Kier molecular flexibility index (Phi) is 6.22. The van der Waals surface area contributed by atoms with Crippen LogP contribution in [-0.2, 0) is 14.8 Å². The Balaban J connectivity index is 2.08. The molecule has 1 aliphatic heterocycles. The van der Waals surface area contributed by atoms with Crippen LogP contribution in [0.1, 0.15) is 12.8 Å². The molecule has 21 heavy (non-hydrogen) atoms. The average Bonchev–Trinajstić information content (AvgIpc) is 2.45. The predicted octanol–water partition coefficient (Wildman–Crippen LogP) is 2.37. The number of rotatable bonds is 5. The van der Waals surface area contributed by atoms with E-state index in [0.717, 1.165) is 4.47 Å². The molecule has 1 saturated heterocycles. The van der Waals surface area contributed by atoms with E-state index < -0.39 is 10.0 Å². The maximum Gasteiger partial charge on any atom is 0.244 e. The molecule has 1 aliphatic rings. The molecule has 1 aromatic rings. The molecule has 1 heterocycles. The van der Waals surface area contributed by atoms with E-state index in [-0.39, 0.29) is 17.6 Å². The first kappa shape index (κ1) is 17.4. The summed E-state index contributed by atoms with van der Waals surface area (Å²) in [4.78, 5) is 0.278. The van der Waals surface area contributed by atoms with E-state index in [4.69, 9.17) is 9.84 Å². The highest BCUT2D eigenvalue weighted by Gasteiger charge is 2.30. The topological polar surface area (TPSA) is 66.8 Å². The van der Waals surface area contributed by atoms with Crippen molar-refractivity contribution in [1.29, 1.82) is 0 Å². The van der Waals surface area contributed by atoms with Crippen molar-refractivity contribution in [1.82, 2.24) is 4.31 Å². The normalized spacial score (nSPS) is 18.0. The molecular weight excluding hydrogens is 426 g/mol. The van der Waals surface area contributed by atoms with Crippen LogP contribution in [0.3, 0.4) is 0 Å². The molecule has 0 bridgehead atoms. The van der Waals surface area contributed by atoms with Crippen LogP contribution in [0.5, 0.6) is 0 Å². The van der Waals surface area contributed by atoms with Gasteiger partial charge in [0, 0.05) is 22.0 Å². The molecule has 8 heteroatoms. The van der Waals surface area contributed by atoms with Crippen LogP contribution >= 0.6 is 31.9 Å². The lowest BCUT2D eigenvalue weighted by Crippen LogP contribution is -2.41. The van der Waals surface area contributed by atoms with Gasteiger partial charge >= 0.3 is 0 Å². The van der Waals surface area contributed by atoms with Crippen molar-refractivity contribution >= 4 is 41.9 Å². The number of aliphatic hydroxyl groups excluding tert-OH is 1. The molecule has 0 aromatic heterocycles. The highest BCUT2D eigenvalue weighted by Crippen LogP contribution is 2.29. The molecule has 2 rings (SSSR count). The Morgan fingerprint density at radius 3 is 2.52 bits per heavy atom. The number of nitrogens with zero attached hydrogens (tertiary/aromatic N) is 1. The van der Waals surface area contributed by atoms with Crippen LogP contribution in [0.4, 0.5) is 0 Å². The fraction of sp³-hybridized carbons (Fsp3) is 0.538. The van der Waals surface area contributed by atoms with Crippen LogP contribution in [0, 0.1) is 0 Å². The number of sulfonamides is 1. The number of hydrogen-bond donors (Lipinski definition) is 1. The summed E-state index contributed by atoms with van der Waals surface area (Å²) in [5.41, 5.74) is 0. The first-order valence-electron chi connectivity index (χ1n) is 6.63. The highest BCUT2D eigenvalue weighted by atomic mass is 79.9. The largest absolute Gasteiger partial charge is 0.394 e. The minimum Gasteiger partial charge on any atom is -0.394 e. The average molecular weight is 443 g/mol. The first-order chi connectivity index (χ1) is 9.95. The molecule has 0 saturated carbocycles. The van der Waals surface area contributed by atoms with Crippen molar-refractivity contribution in [2.24, 2.45) is 0 Å². The summed E-state index contributed by atoms with van der Waals surface area (Å²) in [5.74, 6) is 0. The van der Waals surface area contributed by atoms with Crippen molar-refractivity contribution in [3.8, 4) is 0 Å². The third-order valence-electron chi connectivity index (χ3n) is 3.36. The number of ether oxygens (including phenoxy) is 1. The summed E-state index contributed by atoms with van der Waals surface area (Å²) < 4.78 is 33.6. The summed E-state index contributed by atoms with van der Waals surface area (Å²) in [7, 11) is -3.49. The zero-order chi connectivity index (χ0) is 15.5. The van der Waals surface area contributed by atoms with Gasteiger partial charge in [0.05, 0.1) is 24.2 Å². The van der Waals surface area contributed by atoms with Gasteiger partial charge < -0.3 is 9.84 Å². The number of halogens is 2. The van der Waals surface area contributed by atoms with Gasteiger partial charge in [-0.2, -0.15) is 4.31 Å². The second-order valence-electron chi connectivity index (χ2n) is 4.77. The van der Waals surface area contributed by atoms with Gasteiger partial charge in [-0.15, -0.1) is 0 Å². The summed E-state index contributed by atoms with van der Waals surface area (Å²) in [6.07, 6.45) is 1.32. The molecule has 0 amide bonds. The van der Waals surface area contributed by atoms with E-state index in [1.54, 1.807) is 18.2 Å². The van der Waals surface area contributed by atoms with Crippen molar-refractivity contribution in [3.63, 3.8) is 0 Å². The van der Waals surface area contributed by atoms with Crippen molar-refractivity contribution in [3.05, 3.63) is 27.1 Å². The zero-order valence-corrected chi connectivity index (χ0v) is 15.3. The van der Waals surface area contributed by atoms with E-state index in [2.05, 4.69) is 31.9 Å². The van der Waals surface area contributed by atoms with Gasteiger partial charge in [-0.05, 0) is 47.0 Å². The van der Waals surface area contributed by atoms with Gasteiger partial charge in [-0.1, -0.05) is 15.9 Å². The van der Waals surface area contributed by atoms with E-state index >= 15 is 0 Å². The second kappa shape index (κ2) is 7.52. The fourth-order valence-corrected chi connectivity index (χ4v) is 5.46. The molecule has 118 valence electrons. The second-order valence-corrected chi connectivity index (χ2v) is 8.45. The molecule has 1 fully saturated rings. The van der Waals surface area contributed by atoms with Gasteiger partial charge in [0.25, 0.3) is 0 Å². The molecule has 0 unspecified atom stereocenters. The Bertz CT molecular complexity index is 586. The maximum atomic E-state index is 12.6. The Labute approximate surface area is 141 Å². The third-order valence-corrected chi connectivity index (χ3v) is 6.73. The molecule has 5 nitrogen and oxygen atoms in total. The lowest BCUT2D eigenvalue weighted by atomic mass is 10.1. The summed E-state index contributed by atoms with van der Waals surface area (Å²) in [6, 6.07) is 5.04. The van der Waals surface area contributed by atoms with Crippen LogP contribution in [0.2, 0.25) is 0 Å². The smallest absolute Gasteiger partial charge is 0.244 e. The summed E-state index contributed by atoms with van der Waals surface area (Å²) >= 11 is 6.62. The Morgan fingerprint density at radius 2 is 1.95 bits per heavy atom. The SMILES string of the molecule is O=S(=O)(c1ccc(Br)cc1Br)N1CCC(OCCO)CC1. The van der Waals surface area contributed by atoms with Crippen molar-refractivity contribution in [2.75, 3.05) is 26.3 Å². The van der Waals surface area contributed by atoms with Gasteiger partial charge in [0.15, 0.2) is 0 Å². The van der Waals surface area contributed by atoms with Crippen molar-refractivity contribution in [2.45, 2.75) is 23.8 Å². The number of piperidine rings is 1. The third kappa shape index (κ3) is 4.27. The number of aliphatic hydroxyl groups is 1. The highest BCUT2D eigenvalue weighted by molar-refractivity contribution is 9.11. The minimum atomic E-state index is -3.49. The van der Waals surface area contributed by atoms with Gasteiger partial charge in [-0.25, -0.2) is 8.42 Å². The van der Waals surface area contributed by atoms with Crippen LogP contribution in [0.25, 0.3) is 0 Å². The van der Waals surface area contributed by atoms with E-state index in [0.29, 0.717) is 37.0 Å². The molecule has 1 aromatic carbocycles. The van der Waals surface area contributed by atoms with Gasteiger partial charge in [-0.3, -0.25) is 0 Å². The first-order valence-corrected chi connectivity index (χ1v) is 9.65. The standard InChI is InChI=1S/C13H17Br2NO4S/c14-10-1-2-13(12(15)9-10)21(18,19)16-5-3-11(4-6-16)20-8-7-17/h1-2,9,11,17H,3-8H2. The monoisotopic (exact) mass is 441 g/mol. The Hall–Kier alpha value is 0.01000. The van der Waals surface area contributed by atoms with Crippen LogP contribution in [-0.4, -0.2) is 50.2 Å². The number of hydrogen-bond acceptors (Lipinski definition) is 4. The van der Waals surface area contributed by atoms with E-state index in [1.165, 1.54) is 4.31 Å². The predicted molar refractivity (Wildman–Crippen MR) is 86.7 cm³/mol. The Morgan fingerprint density at radius 1 is 1.29 bits per heavy atom. The molecule has 0 aliphatic carbocycles. The molecular formula is C13H17Br2NO4S. The zero-order valence-electron chi connectivity index (χ0n) is 11.3. The lowest BCUT2D eigenvalue weighted by molar-refractivity contribution is 0.00318. The van der Waals surface area contributed by atoms with Crippen molar-refractivity contribution < 1.29 is 18.3 Å². The fourth-order valence-electron chi connectivity index (χ4n) is 2.28. The molecule has 0 atom stereocenters. The van der Waals surface area contributed by atoms with Crippen LogP contribution in [0.15, 0.2) is 32.0 Å². The lowest BCUT2D eigenvalue weighted by Gasteiger charge is -2.31. The van der Waals surface area contributed by atoms with Gasteiger partial charge in [0.1, 0.15) is 0 Å². The van der Waals surface area contributed by atoms with E-state index in [9.17, 15) is 8.42 Å². The molecule has 0 spiro atoms.